The van der Waals surface area contributed by atoms with Crippen molar-refractivity contribution in [3.05, 3.63) is 53.1 Å². The summed E-state index contributed by atoms with van der Waals surface area (Å²) in [5.74, 6) is -0.275. The maximum Gasteiger partial charge on any atom is 0.410 e. The fraction of sp³-hybridized carbons (Fsp3) is 0.500. The summed E-state index contributed by atoms with van der Waals surface area (Å²) in [6.07, 6.45) is 2.52. The lowest BCUT2D eigenvalue weighted by atomic mass is 9.96. The maximum atomic E-state index is 13.3. The second-order valence-electron chi connectivity index (χ2n) is 9.88. The fourth-order valence-corrected chi connectivity index (χ4v) is 4.06. The van der Waals surface area contributed by atoms with Crippen LogP contribution in [0.3, 0.4) is 0 Å². The van der Waals surface area contributed by atoms with Crippen molar-refractivity contribution in [2.45, 2.75) is 58.6 Å². The smallest absolute Gasteiger partial charge is 0.410 e. The number of ether oxygens (including phenoxy) is 2. The van der Waals surface area contributed by atoms with E-state index in [4.69, 9.17) is 9.47 Å². The highest BCUT2D eigenvalue weighted by molar-refractivity contribution is 5.96. The Kier molecular flexibility index (Phi) is 8.49. The van der Waals surface area contributed by atoms with E-state index in [2.05, 4.69) is 9.97 Å². The molecule has 0 bridgehead atoms. The van der Waals surface area contributed by atoms with Crippen molar-refractivity contribution in [1.29, 1.82) is 0 Å². The molecule has 1 fully saturated rings. The molecule has 2 aromatic rings. The molecule has 0 atom stereocenters. The normalized spacial score (nSPS) is 14.3. The quantitative estimate of drug-likeness (QED) is 0.614. The Hall–Kier alpha value is -3.69. The Morgan fingerprint density at radius 1 is 1.19 bits per heavy atom. The van der Waals surface area contributed by atoms with Crippen molar-refractivity contribution >= 4 is 18.0 Å². The topological polar surface area (TPSA) is 122 Å². The number of aliphatic carboxylic acids is 1. The molecule has 0 radical (unpaired) electrons. The van der Waals surface area contributed by atoms with Crippen LogP contribution in [0.25, 0.3) is 0 Å². The minimum Gasteiger partial charge on any atom is -0.497 e. The largest absolute Gasteiger partial charge is 0.497 e. The zero-order valence-electron chi connectivity index (χ0n) is 21.5. The van der Waals surface area contributed by atoms with Gasteiger partial charge in [-0.25, -0.2) is 14.8 Å². The Bertz CT molecular complexity index is 1110. The molecule has 1 saturated heterocycles. The third-order valence-corrected chi connectivity index (χ3v) is 5.86. The zero-order chi connectivity index (χ0) is 26.5. The Morgan fingerprint density at radius 2 is 1.89 bits per heavy atom. The van der Waals surface area contributed by atoms with Crippen molar-refractivity contribution in [3.8, 4) is 5.75 Å². The third-order valence-electron chi connectivity index (χ3n) is 5.86. The number of aromatic nitrogens is 2. The van der Waals surface area contributed by atoms with E-state index >= 15 is 0 Å². The number of aryl methyl sites for hydroxylation is 1. The van der Waals surface area contributed by atoms with Crippen LogP contribution in [0, 0.1) is 6.92 Å². The van der Waals surface area contributed by atoms with E-state index in [-0.39, 0.29) is 24.1 Å². The van der Waals surface area contributed by atoms with E-state index < -0.39 is 24.0 Å². The molecule has 1 aliphatic heterocycles. The van der Waals surface area contributed by atoms with Gasteiger partial charge < -0.3 is 24.4 Å². The van der Waals surface area contributed by atoms with Gasteiger partial charge >= 0.3 is 12.1 Å². The predicted molar refractivity (Wildman–Crippen MR) is 132 cm³/mol. The molecule has 3 rings (SSSR count). The van der Waals surface area contributed by atoms with Gasteiger partial charge in [0.15, 0.2) is 0 Å². The van der Waals surface area contributed by atoms with Crippen molar-refractivity contribution in [2.75, 3.05) is 26.7 Å². The predicted octanol–water partition coefficient (Wildman–Crippen LogP) is 3.64. The third kappa shape index (κ3) is 7.16. The van der Waals surface area contributed by atoms with Crippen molar-refractivity contribution in [3.63, 3.8) is 0 Å². The first-order valence-corrected chi connectivity index (χ1v) is 11.9. The van der Waals surface area contributed by atoms with Gasteiger partial charge in [0.1, 0.15) is 23.7 Å². The fourth-order valence-electron chi connectivity index (χ4n) is 4.06. The molecule has 1 aliphatic rings. The Morgan fingerprint density at radius 3 is 2.47 bits per heavy atom. The van der Waals surface area contributed by atoms with E-state index in [1.165, 1.54) is 11.1 Å². The molecule has 0 spiro atoms. The van der Waals surface area contributed by atoms with Crippen LogP contribution in [0.5, 0.6) is 5.75 Å². The lowest BCUT2D eigenvalue weighted by Crippen LogP contribution is -2.41. The molecule has 0 aliphatic carbocycles. The molecule has 194 valence electrons. The molecule has 10 nitrogen and oxygen atoms in total. The molecule has 1 N–H and O–H groups in total. The maximum absolute atomic E-state index is 13.3. The van der Waals surface area contributed by atoms with Crippen LogP contribution < -0.4 is 4.74 Å². The second-order valence-corrected chi connectivity index (χ2v) is 9.88. The number of rotatable bonds is 7. The number of benzene rings is 1. The summed E-state index contributed by atoms with van der Waals surface area (Å²) in [7, 11) is 1.54. The molecule has 36 heavy (non-hydrogen) atoms. The highest BCUT2D eigenvalue weighted by atomic mass is 16.6. The van der Waals surface area contributed by atoms with Crippen LogP contribution in [0.4, 0.5) is 4.79 Å². The van der Waals surface area contributed by atoms with Crippen LogP contribution in [0.2, 0.25) is 0 Å². The van der Waals surface area contributed by atoms with E-state index in [0.717, 1.165) is 5.56 Å². The first kappa shape index (κ1) is 26.9. The molecule has 2 amide bonds. The molecule has 0 saturated carbocycles. The van der Waals surface area contributed by atoms with Gasteiger partial charge in [-0.1, -0.05) is 12.1 Å². The summed E-state index contributed by atoms with van der Waals surface area (Å²) >= 11 is 0. The van der Waals surface area contributed by atoms with Crippen LogP contribution >= 0.6 is 0 Å². The number of methoxy groups -OCH3 is 1. The number of carboxylic acids is 1. The van der Waals surface area contributed by atoms with E-state index in [1.807, 2.05) is 20.8 Å². The van der Waals surface area contributed by atoms with Crippen LogP contribution in [-0.4, -0.2) is 75.2 Å². The van der Waals surface area contributed by atoms with E-state index in [0.29, 0.717) is 43.2 Å². The lowest BCUT2D eigenvalue weighted by Gasteiger charge is -2.33. The van der Waals surface area contributed by atoms with Crippen molar-refractivity contribution in [2.24, 2.45) is 0 Å². The number of likely N-dealkylation sites (tertiary alicyclic amines) is 1. The summed E-state index contributed by atoms with van der Waals surface area (Å²) in [4.78, 5) is 49.0. The van der Waals surface area contributed by atoms with Gasteiger partial charge in [-0.15, -0.1) is 0 Å². The van der Waals surface area contributed by atoms with Gasteiger partial charge in [-0.05, 0) is 58.2 Å². The first-order chi connectivity index (χ1) is 17.0. The minimum atomic E-state index is -1.11. The van der Waals surface area contributed by atoms with E-state index in [1.54, 1.807) is 43.2 Å². The SMILES string of the molecule is COc1cccc(CN(CC(=O)O)C(=O)c2cnc(C3CCN(C(=O)OC(C)(C)C)CC3)nc2C)c1. The summed E-state index contributed by atoms with van der Waals surface area (Å²) in [5, 5.41) is 9.38. The Labute approximate surface area is 211 Å². The number of carbonyl (C=O) groups excluding carboxylic acids is 2. The number of carboxylic acid groups (broad SMARTS) is 1. The average molecular weight is 499 g/mol. The molecular formula is C26H34N4O6. The monoisotopic (exact) mass is 498 g/mol. The highest BCUT2D eigenvalue weighted by Crippen LogP contribution is 2.27. The number of hydrogen-bond acceptors (Lipinski definition) is 7. The number of amides is 2. The van der Waals surface area contributed by atoms with Crippen molar-refractivity contribution in [1.82, 2.24) is 19.8 Å². The minimum absolute atomic E-state index is 0.0541. The molecule has 2 heterocycles. The van der Waals surface area contributed by atoms with Crippen LogP contribution in [-0.2, 0) is 16.1 Å². The van der Waals surface area contributed by atoms with Crippen molar-refractivity contribution < 1.29 is 29.0 Å². The molecule has 1 aromatic heterocycles. The summed E-state index contributed by atoms with van der Waals surface area (Å²) in [6, 6.07) is 7.13. The molecule has 10 heteroatoms. The van der Waals surface area contributed by atoms with Gasteiger partial charge in [-0.3, -0.25) is 9.59 Å². The first-order valence-electron chi connectivity index (χ1n) is 11.9. The number of piperidine rings is 1. The summed E-state index contributed by atoms with van der Waals surface area (Å²) in [5.41, 5.74) is 0.947. The van der Waals surface area contributed by atoms with Gasteiger partial charge in [-0.2, -0.15) is 0 Å². The molecular weight excluding hydrogens is 464 g/mol. The highest BCUT2D eigenvalue weighted by Gasteiger charge is 2.29. The molecule has 0 unspecified atom stereocenters. The lowest BCUT2D eigenvalue weighted by molar-refractivity contribution is -0.137. The Balaban J connectivity index is 1.70. The second kappa shape index (κ2) is 11.4. The van der Waals surface area contributed by atoms with Gasteiger partial charge in [0.25, 0.3) is 5.91 Å². The van der Waals surface area contributed by atoms with Gasteiger partial charge in [0, 0.05) is 31.7 Å². The van der Waals surface area contributed by atoms with Crippen LogP contribution in [0.1, 0.15) is 67.0 Å². The summed E-state index contributed by atoms with van der Waals surface area (Å²) in [6.45, 7) is 7.96. The number of nitrogens with zero attached hydrogens (tertiary/aromatic N) is 4. The summed E-state index contributed by atoms with van der Waals surface area (Å²) < 4.78 is 10.7. The number of hydrogen-bond donors (Lipinski definition) is 1. The molecule has 1 aromatic carbocycles. The van der Waals surface area contributed by atoms with Gasteiger partial charge in [0.2, 0.25) is 0 Å². The van der Waals surface area contributed by atoms with Crippen LogP contribution in [0.15, 0.2) is 30.5 Å². The number of carbonyl (C=O) groups is 3. The zero-order valence-corrected chi connectivity index (χ0v) is 21.5. The van der Waals surface area contributed by atoms with E-state index in [9.17, 15) is 19.5 Å². The average Bonchev–Trinajstić information content (AvgIpc) is 2.82. The van der Waals surface area contributed by atoms with Gasteiger partial charge in [0.05, 0.1) is 18.4 Å². The standard InChI is InChI=1S/C26H34N4O6/c1-17-21(24(33)30(16-22(31)32)15-18-7-6-8-20(13-18)35-5)14-27-23(28-17)19-9-11-29(12-10-19)25(34)36-26(2,3)4/h6-8,13-14,19H,9-12,15-16H2,1-5H3,(H,31,32).